The number of benzene rings is 1. The van der Waals surface area contributed by atoms with Gasteiger partial charge < -0.3 is 4.74 Å². The van der Waals surface area contributed by atoms with E-state index in [2.05, 4.69) is 20.1 Å². The van der Waals surface area contributed by atoms with E-state index >= 15 is 0 Å². The molecule has 0 amide bonds. The van der Waals surface area contributed by atoms with Crippen LogP contribution < -0.4 is 10.3 Å². The van der Waals surface area contributed by atoms with Gasteiger partial charge in [0.25, 0.3) is 5.56 Å². The Balaban J connectivity index is 1.39. The van der Waals surface area contributed by atoms with Gasteiger partial charge in [0.1, 0.15) is 23.9 Å². The molecule has 4 heterocycles. The average Bonchev–Trinajstić information content (AvgIpc) is 3.23. The summed E-state index contributed by atoms with van der Waals surface area (Å²) < 4.78 is 9.18. The van der Waals surface area contributed by atoms with Gasteiger partial charge >= 0.3 is 0 Å². The van der Waals surface area contributed by atoms with Crippen LogP contribution in [0.15, 0.2) is 78.1 Å². The maximum absolute atomic E-state index is 12.5. The van der Waals surface area contributed by atoms with E-state index < -0.39 is 0 Å². The number of rotatable bonds is 5. The summed E-state index contributed by atoms with van der Waals surface area (Å²) in [6, 6.07) is 15.2. The molecule has 0 radical (unpaired) electrons. The highest BCUT2D eigenvalue weighted by molar-refractivity contribution is 5.80. The minimum atomic E-state index is -0.191. The van der Waals surface area contributed by atoms with E-state index in [1.54, 1.807) is 42.5 Å². The third-order valence-corrected chi connectivity index (χ3v) is 5.25. The Labute approximate surface area is 183 Å². The molecule has 0 atom stereocenters. The molecule has 1 aromatic carbocycles. The van der Waals surface area contributed by atoms with Crippen molar-refractivity contribution in [3.63, 3.8) is 0 Å². The van der Waals surface area contributed by atoms with Gasteiger partial charge in [0, 0.05) is 50.0 Å². The molecule has 8 heteroatoms. The minimum Gasteiger partial charge on any atom is -0.486 e. The molecule has 5 aromatic rings. The third kappa shape index (κ3) is 3.62. The maximum atomic E-state index is 12.5. The molecule has 0 bridgehead atoms. The van der Waals surface area contributed by atoms with Crippen molar-refractivity contribution >= 4 is 11.0 Å². The van der Waals surface area contributed by atoms with Crippen LogP contribution in [-0.4, -0.2) is 29.3 Å². The average molecular weight is 423 g/mol. The predicted octanol–water partition coefficient (Wildman–Crippen LogP) is 3.37. The smallest absolute Gasteiger partial charge is 0.279 e. The van der Waals surface area contributed by atoms with Gasteiger partial charge in [-0.2, -0.15) is 5.10 Å². The first-order valence-corrected chi connectivity index (χ1v) is 10.1. The zero-order valence-electron chi connectivity index (χ0n) is 17.6. The van der Waals surface area contributed by atoms with Crippen molar-refractivity contribution in [3.05, 3.63) is 89.5 Å². The number of ether oxygens (including phenoxy) is 1. The number of hydrogen-bond donors (Lipinski definition) is 0. The molecule has 8 nitrogen and oxygen atoms in total. The topological polar surface area (TPSA) is 87.7 Å². The van der Waals surface area contributed by atoms with Crippen LogP contribution in [0.2, 0.25) is 0 Å². The van der Waals surface area contributed by atoms with Gasteiger partial charge in [-0.15, -0.1) is 0 Å². The first-order chi connectivity index (χ1) is 15.6. The molecule has 32 heavy (non-hydrogen) atoms. The van der Waals surface area contributed by atoms with Gasteiger partial charge in [-0.3, -0.25) is 19.0 Å². The lowest BCUT2D eigenvalue weighted by atomic mass is 10.0. The lowest BCUT2D eigenvalue weighted by Gasteiger charge is -2.11. The fourth-order valence-corrected chi connectivity index (χ4v) is 3.57. The summed E-state index contributed by atoms with van der Waals surface area (Å²) in [6.07, 6.45) is 7.13. The van der Waals surface area contributed by atoms with E-state index in [-0.39, 0.29) is 12.2 Å². The zero-order valence-corrected chi connectivity index (χ0v) is 17.6. The van der Waals surface area contributed by atoms with E-state index in [1.165, 1.54) is 4.57 Å². The van der Waals surface area contributed by atoms with Gasteiger partial charge in [-0.05, 0) is 54.1 Å². The Bertz CT molecular complexity index is 1460. The fraction of sp³-hybridized carbons (Fsp3) is 0.125. The molecule has 5 rings (SSSR count). The number of aromatic nitrogens is 6. The molecule has 0 aliphatic heterocycles. The number of pyridine rings is 2. The molecule has 4 aromatic heterocycles. The molecular formula is C24H20N6O2. The van der Waals surface area contributed by atoms with Gasteiger partial charge in [-0.25, -0.2) is 9.97 Å². The SMILES string of the molecule is Cn1cc(-c2ccncc2)c(-c2ccc(OCc3nc4cccnc4c(=O)n3[11CH3])cc2)n1. The molecule has 0 saturated heterocycles. The van der Waals surface area contributed by atoms with Crippen LogP contribution in [0, 0.1) is 0 Å². The van der Waals surface area contributed by atoms with Crippen LogP contribution in [0.1, 0.15) is 5.82 Å². The molecular weight excluding hydrogens is 403 g/mol. The highest BCUT2D eigenvalue weighted by Crippen LogP contribution is 2.31. The van der Waals surface area contributed by atoms with Crippen molar-refractivity contribution in [2.45, 2.75) is 6.61 Å². The molecule has 0 N–H and O–H groups in total. The second-order valence-corrected chi connectivity index (χ2v) is 7.38. The largest absolute Gasteiger partial charge is 0.486 e. The van der Waals surface area contributed by atoms with Crippen LogP contribution in [0.4, 0.5) is 0 Å². The first kappa shape index (κ1) is 19.6. The van der Waals surface area contributed by atoms with Gasteiger partial charge in [-0.1, -0.05) is 0 Å². The summed E-state index contributed by atoms with van der Waals surface area (Å²) in [4.78, 5) is 25.2. The molecule has 0 aliphatic carbocycles. The standard InChI is InChI=1S/C24H20N6O2/c1-29-14-19(16-9-12-25-13-10-16)22(28-29)17-5-7-18(8-6-17)32-15-21-27-20-4-3-11-26-23(20)24(31)30(21)2/h3-14H,15H2,1-2H3/i2-1. The minimum absolute atomic E-state index is 0.168. The number of fused-ring (bicyclic) bond motifs is 1. The molecule has 0 unspecified atom stereocenters. The highest BCUT2D eigenvalue weighted by atomic mass is 16.5. The summed E-state index contributed by atoms with van der Waals surface area (Å²) in [7, 11) is 3.58. The number of aryl methyl sites for hydroxylation is 1. The van der Waals surface area contributed by atoms with E-state index in [0.717, 1.165) is 22.4 Å². The Morgan fingerprint density at radius 2 is 1.72 bits per heavy atom. The summed E-state index contributed by atoms with van der Waals surface area (Å²) in [5.41, 5.74) is 4.67. The molecule has 0 aliphatic rings. The van der Waals surface area contributed by atoms with Crippen molar-refractivity contribution in [1.29, 1.82) is 0 Å². The van der Waals surface area contributed by atoms with Crippen molar-refractivity contribution in [1.82, 2.24) is 29.3 Å². The third-order valence-electron chi connectivity index (χ3n) is 5.25. The second kappa shape index (κ2) is 8.07. The van der Waals surface area contributed by atoms with Crippen LogP contribution in [-0.2, 0) is 20.7 Å². The zero-order chi connectivity index (χ0) is 22.1. The van der Waals surface area contributed by atoms with Gasteiger partial charge in [0.15, 0.2) is 5.52 Å². The van der Waals surface area contributed by atoms with Crippen LogP contribution >= 0.6 is 0 Å². The van der Waals surface area contributed by atoms with Crippen molar-refractivity contribution in [2.75, 3.05) is 0 Å². The summed E-state index contributed by atoms with van der Waals surface area (Å²) in [5.74, 6) is 1.21. The molecule has 0 spiro atoms. The van der Waals surface area contributed by atoms with E-state index in [9.17, 15) is 4.79 Å². The van der Waals surface area contributed by atoms with Gasteiger partial charge in [0.2, 0.25) is 0 Å². The normalized spacial score (nSPS) is 11.1. The Morgan fingerprint density at radius 3 is 2.50 bits per heavy atom. The van der Waals surface area contributed by atoms with Crippen LogP contribution in [0.25, 0.3) is 33.4 Å². The Morgan fingerprint density at radius 1 is 0.938 bits per heavy atom. The Hall–Kier alpha value is -4.33. The predicted molar refractivity (Wildman–Crippen MR) is 121 cm³/mol. The molecule has 0 fully saturated rings. The lowest BCUT2D eigenvalue weighted by molar-refractivity contribution is 0.290. The number of nitrogens with zero attached hydrogens (tertiary/aromatic N) is 6. The van der Waals surface area contributed by atoms with Crippen molar-refractivity contribution in [2.24, 2.45) is 14.1 Å². The van der Waals surface area contributed by atoms with Crippen molar-refractivity contribution in [3.8, 4) is 28.1 Å². The molecule has 158 valence electrons. The first-order valence-electron chi connectivity index (χ1n) is 10.1. The van der Waals surface area contributed by atoms with Crippen LogP contribution in [0.3, 0.4) is 0 Å². The lowest BCUT2D eigenvalue weighted by Crippen LogP contribution is -2.24. The summed E-state index contributed by atoms with van der Waals surface area (Å²) >= 11 is 0. The van der Waals surface area contributed by atoms with E-state index in [0.29, 0.717) is 22.6 Å². The Kier molecular flexibility index (Phi) is 4.95. The van der Waals surface area contributed by atoms with E-state index in [4.69, 9.17) is 4.74 Å². The maximum Gasteiger partial charge on any atom is 0.279 e. The second-order valence-electron chi connectivity index (χ2n) is 7.38. The monoisotopic (exact) mass is 423 g/mol. The fourth-order valence-electron chi connectivity index (χ4n) is 3.57. The van der Waals surface area contributed by atoms with Crippen molar-refractivity contribution < 1.29 is 4.74 Å². The summed E-state index contributed by atoms with van der Waals surface area (Å²) in [6.45, 7) is 0.168. The quantitative estimate of drug-likeness (QED) is 0.431. The van der Waals surface area contributed by atoms with Crippen LogP contribution in [0.5, 0.6) is 5.75 Å². The highest BCUT2D eigenvalue weighted by Gasteiger charge is 2.13. The number of hydrogen-bond acceptors (Lipinski definition) is 6. The van der Waals surface area contributed by atoms with E-state index in [1.807, 2.05) is 49.6 Å². The molecule has 0 saturated carbocycles. The van der Waals surface area contributed by atoms with Gasteiger partial charge in [0.05, 0.1) is 5.52 Å². The summed E-state index contributed by atoms with van der Waals surface area (Å²) in [5, 5.41) is 4.63.